The van der Waals surface area contributed by atoms with Crippen LogP contribution in [0.1, 0.15) is 13.3 Å². The molecule has 15 heavy (non-hydrogen) atoms. The monoisotopic (exact) mass is 228 g/mol. The summed E-state index contributed by atoms with van der Waals surface area (Å²) in [6, 6.07) is 0.192. The number of hydrogen-bond donors (Lipinski definition) is 1. The summed E-state index contributed by atoms with van der Waals surface area (Å²) in [4.78, 5) is 2.01. The smallest absolute Gasteiger partial charge is 0.307 e. The van der Waals surface area contributed by atoms with Crippen LogP contribution < -0.4 is 5.32 Å². The Morgan fingerprint density at radius 2 is 2.07 bits per heavy atom. The van der Waals surface area contributed by atoms with Gasteiger partial charge in [-0.3, -0.25) is 0 Å². The van der Waals surface area contributed by atoms with E-state index in [1.54, 1.807) is 0 Å². The van der Waals surface area contributed by atoms with Crippen molar-refractivity contribution in [3.8, 4) is 0 Å². The van der Waals surface area contributed by atoms with Crippen LogP contribution in [0.5, 0.6) is 0 Å². The molecular formula is C9H16F4N2. The molecule has 1 saturated heterocycles. The Balaban J connectivity index is 2.32. The van der Waals surface area contributed by atoms with E-state index in [4.69, 9.17) is 0 Å². The van der Waals surface area contributed by atoms with Crippen molar-refractivity contribution >= 4 is 0 Å². The van der Waals surface area contributed by atoms with Gasteiger partial charge >= 0.3 is 12.3 Å². The number of hydrogen-bond acceptors (Lipinski definition) is 2. The zero-order valence-corrected chi connectivity index (χ0v) is 8.81. The lowest BCUT2D eigenvalue weighted by Crippen LogP contribution is -2.44. The first-order chi connectivity index (χ1) is 6.83. The second-order valence-corrected chi connectivity index (χ2v) is 4.16. The van der Waals surface area contributed by atoms with Crippen molar-refractivity contribution in [2.75, 3.05) is 20.1 Å². The number of halogens is 4. The van der Waals surface area contributed by atoms with Gasteiger partial charge < -0.3 is 10.2 Å². The number of rotatable bonds is 4. The van der Waals surface area contributed by atoms with Crippen LogP contribution in [0.25, 0.3) is 0 Å². The number of nitrogens with one attached hydrogen (secondary N) is 1. The van der Waals surface area contributed by atoms with E-state index in [1.807, 2.05) is 18.9 Å². The van der Waals surface area contributed by atoms with Crippen molar-refractivity contribution in [2.24, 2.45) is 0 Å². The molecular weight excluding hydrogens is 212 g/mol. The molecule has 1 fully saturated rings. The molecule has 0 aromatic rings. The Labute approximate surface area is 86.6 Å². The third-order valence-corrected chi connectivity index (χ3v) is 2.83. The van der Waals surface area contributed by atoms with Gasteiger partial charge in [0, 0.05) is 18.6 Å². The van der Waals surface area contributed by atoms with Gasteiger partial charge in [0.1, 0.15) is 0 Å². The van der Waals surface area contributed by atoms with Crippen molar-refractivity contribution in [2.45, 2.75) is 37.8 Å². The Morgan fingerprint density at radius 3 is 2.47 bits per heavy atom. The number of alkyl halides is 4. The van der Waals surface area contributed by atoms with Crippen molar-refractivity contribution in [3.05, 3.63) is 0 Å². The minimum atomic E-state index is -3.93. The second-order valence-electron chi connectivity index (χ2n) is 4.16. The van der Waals surface area contributed by atoms with Gasteiger partial charge in [-0.1, -0.05) is 0 Å². The van der Waals surface area contributed by atoms with Gasteiger partial charge in [0.25, 0.3) is 0 Å². The summed E-state index contributed by atoms with van der Waals surface area (Å²) in [5.41, 5.74) is 0. The van der Waals surface area contributed by atoms with Crippen molar-refractivity contribution in [3.63, 3.8) is 0 Å². The van der Waals surface area contributed by atoms with E-state index in [0.29, 0.717) is 12.6 Å². The van der Waals surface area contributed by atoms with Gasteiger partial charge in [0.2, 0.25) is 0 Å². The van der Waals surface area contributed by atoms with Crippen molar-refractivity contribution in [1.29, 1.82) is 0 Å². The lowest BCUT2D eigenvalue weighted by atomic mass is 10.2. The molecule has 2 nitrogen and oxygen atoms in total. The molecule has 1 heterocycles. The molecule has 90 valence electrons. The van der Waals surface area contributed by atoms with E-state index in [1.165, 1.54) is 0 Å². The molecule has 0 bridgehead atoms. The molecule has 0 aromatic heterocycles. The van der Waals surface area contributed by atoms with E-state index >= 15 is 0 Å². The average molecular weight is 228 g/mol. The highest BCUT2D eigenvalue weighted by atomic mass is 19.3. The zero-order chi connectivity index (χ0) is 11.6. The summed E-state index contributed by atoms with van der Waals surface area (Å²) >= 11 is 0. The van der Waals surface area contributed by atoms with Crippen molar-refractivity contribution in [1.82, 2.24) is 10.2 Å². The molecule has 2 atom stereocenters. The first-order valence-electron chi connectivity index (χ1n) is 4.92. The lowest BCUT2D eigenvalue weighted by molar-refractivity contribution is -0.126. The van der Waals surface area contributed by atoms with Crippen LogP contribution in [0.2, 0.25) is 0 Å². The summed E-state index contributed by atoms with van der Waals surface area (Å²) < 4.78 is 48.8. The van der Waals surface area contributed by atoms with Gasteiger partial charge in [-0.05, 0) is 20.4 Å². The average Bonchev–Trinajstić information content (AvgIpc) is 2.43. The van der Waals surface area contributed by atoms with Crippen LogP contribution in [-0.4, -0.2) is 49.5 Å². The van der Waals surface area contributed by atoms with E-state index in [0.717, 1.165) is 6.42 Å². The van der Waals surface area contributed by atoms with Crippen LogP contribution in [0.4, 0.5) is 17.6 Å². The number of nitrogens with zero attached hydrogens (tertiary/aromatic N) is 1. The molecule has 0 spiro atoms. The molecule has 1 rings (SSSR count). The van der Waals surface area contributed by atoms with E-state index in [2.05, 4.69) is 5.32 Å². The topological polar surface area (TPSA) is 15.3 Å². The van der Waals surface area contributed by atoms with Crippen LogP contribution in [0.15, 0.2) is 0 Å². The molecule has 0 radical (unpaired) electrons. The van der Waals surface area contributed by atoms with Gasteiger partial charge in [0.15, 0.2) is 0 Å². The number of likely N-dealkylation sites (tertiary alicyclic amines) is 1. The minimum absolute atomic E-state index is 0.116. The Kier molecular flexibility index (Phi) is 3.94. The summed E-state index contributed by atoms with van der Waals surface area (Å²) in [5.74, 6) is -3.93. The normalized spacial score (nSPS) is 29.0. The fraction of sp³-hybridized carbons (Fsp3) is 1.00. The third kappa shape index (κ3) is 3.31. The molecule has 6 heteroatoms. The zero-order valence-electron chi connectivity index (χ0n) is 8.81. The highest BCUT2D eigenvalue weighted by molar-refractivity contribution is 4.86. The SMILES string of the molecule is CC1CC(NCC(F)(F)C(F)F)CN1C. The van der Waals surface area contributed by atoms with E-state index in [-0.39, 0.29) is 6.04 Å². The summed E-state index contributed by atoms with van der Waals surface area (Å²) in [5, 5.41) is 2.49. The van der Waals surface area contributed by atoms with E-state index in [9.17, 15) is 17.6 Å². The molecule has 1 N–H and O–H groups in total. The minimum Gasteiger partial charge on any atom is -0.307 e. The van der Waals surface area contributed by atoms with Gasteiger partial charge in [-0.25, -0.2) is 8.78 Å². The van der Waals surface area contributed by atoms with Crippen LogP contribution in [0, 0.1) is 0 Å². The Hall–Kier alpha value is -0.360. The highest BCUT2D eigenvalue weighted by Gasteiger charge is 2.41. The Bertz CT molecular complexity index is 200. The first-order valence-corrected chi connectivity index (χ1v) is 4.92. The maximum Gasteiger partial charge on any atom is 0.319 e. The molecule has 0 amide bonds. The summed E-state index contributed by atoms with van der Waals surface area (Å²) in [7, 11) is 1.89. The molecule has 0 aromatic carbocycles. The molecule has 0 aliphatic carbocycles. The van der Waals surface area contributed by atoms with Gasteiger partial charge in [0.05, 0.1) is 6.54 Å². The van der Waals surface area contributed by atoms with Crippen molar-refractivity contribution < 1.29 is 17.6 Å². The second kappa shape index (κ2) is 4.65. The molecule has 1 aliphatic heterocycles. The lowest BCUT2D eigenvalue weighted by Gasteiger charge is -2.19. The molecule has 1 aliphatic rings. The maximum atomic E-state index is 12.6. The Morgan fingerprint density at radius 1 is 1.47 bits per heavy atom. The highest BCUT2D eigenvalue weighted by Crippen LogP contribution is 2.23. The van der Waals surface area contributed by atoms with Gasteiger partial charge in [-0.2, -0.15) is 8.78 Å². The standard InChI is InChI=1S/C9H16F4N2/c1-6-3-7(4-15(6)2)14-5-9(12,13)8(10)11/h6-8,14H,3-5H2,1-2H3. The third-order valence-electron chi connectivity index (χ3n) is 2.83. The molecule has 0 saturated carbocycles. The van der Waals surface area contributed by atoms with Crippen LogP contribution in [0.3, 0.4) is 0 Å². The number of likely N-dealkylation sites (N-methyl/N-ethyl adjacent to an activating group) is 1. The largest absolute Gasteiger partial charge is 0.319 e. The molecule has 2 unspecified atom stereocenters. The fourth-order valence-corrected chi connectivity index (χ4v) is 1.70. The fourth-order valence-electron chi connectivity index (χ4n) is 1.70. The van der Waals surface area contributed by atoms with E-state index < -0.39 is 18.9 Å². The predicted octanol–water partition coefficient (Wildman–Crippen LogP) is 1.57. The van der Waals surface area contributed by atoms with Gasteiger partial charge in [-0.15, -0.1) is 0 Å². The quantitative estimate of drug-likeness (QED) is 0.735. The van der Waals surface area contributed by atoms with Crippen LogP contribution >= 0.6 is 0 Å². The first kappa shape index (κ1) is 12.7. The summed E-state index contributed by atoms with van der Waals surface area (Å²) in [6.45, 7) is 1.66. The van der Waals surface area contributed by atoms with Crippen LogP contribution in [-0.2, 0) is 0 Å². The maximum absolute atomic E-state index is 12.6. The summed E-state index contributed by atoms with van der Waals surface area (Å²) in [6.07, 6.45) is -2.88. The predicted molar refractivity (Wildman–Crippen MR) is 49.5 cm³/mol.